The third kappa shape index (κ3) is 7.40. The van der Waals surface area contributed by atoms with Gasteiger partial charge in [0.25, 0.3) is 0 Å². The van der Waals surface area contributed by atoms with Gasteiger partial charge in [0.15, 0.2) is 0 Å². The second kappa shape index (κ2) is 15.5. The molecule has 6 aromatic rings. The summed E-state index contributed by atoms with van der Waals surface area (Å²) in [4.78, 5) is 8.74. The summed E-state index contributed by atoms with van der Waals surface area (Å²) in [6.45, 7) is 13.8. The van der Waals surface area contributed by atoms with E-state index in [1.807, 2.05) is 22.7 Å². The van der Waals surface area contributed by atoms with Crippen LogP contribution in [0.3, 0.4) is 0 Å². The van der Waals surface area contributed by atoms with Crippen LogP contribution >= 0.6 is 45.3 Å². The Morgan fingerprint density at radius 1 is 0.533 bits per heavy atom. The van der Waals surface area contributed by atoms with Crippen LogP contribution in [0.4, 0.5) is 0 Å². The second-order valence-electron chi connectivity index (χ2n) is 12.2. The molecule has 0 saturated heterocycles. The van der Waals surface area contributed by atoms with Crippen molar-refractivity contribution < 1.29 is 18.9 Å². The zero-order chi connectivity index (χ0) is 32.1. The SMILES string of the molecule is CCCOc1c2c[c]([Sn]([CH3])([CH3])[CH3])sc2c(OCCC)c2cc(C)sc12.CCCOc1c2ccsc2c(OCCC)c2ccsc12. The molecule has 0 fully saturated rings. The molecule has 9 heteroatoms. The smallest absolute Gasteiger partial charge is 0.146 e. The Labute approximate surface area is 288 Å². The molecule has 45 heavy (non-hydrogen) atoms. The van der Waals surface area contributed by atoms with Gasteiger partial charge in [-0.2, -0.15) is 0 Å². The van der Waals surface area contributed by atoms with E-state index in [9.17, 15) is 0 Å². The van der Waals surface area contributed by atoms with Crippen LogP contribution in [-0.4, -0.2) is 44.8 Å². The number of thiophene rings is 4. The molecule has 0 unspecified atom stereocenters. The molecule has 0 saturated carbocycles. The first kappa shape index (κ1) is 34.6. The normalized spacial score (nSPS) is 11.8. The van der Waals surface area contributed by atoms with E-state index in [1.165, 1.54) is 45.2 Å². The number of hydrogen-bond donors (Lipinski definition) is 0. The van der Waals surface area contributed by atoms with E-state index in [4.69, 9.17) is 18.9 Å². The molecule has 2 aromatic carbocycles. The minimum atomic E-state index is -2.15. The zero-order valence-corrected chi connectivity index (χ0v) is 34.0. The van der Waals surface area contributed by atoms with Crippen LogP contribution in [0.15, 0.2) is 35.0 Å². The number of fused-ring (bicyclic) bond motifs is 4. The molecule has 0 bridgehead atoms. The van der Waals surface area contributed by atoms with Crippen molar-refractivity contribution in [2.24, 2.45) is 0 Å². The Balaban J connectivity index is 0.000000182. The summed E-state index contributed by atoms with van der Waals surface area (Å²) in [6, 6.07) is 8.96. The summed E-state index contributed by atoms with van der Waals surface area (Å²) in [5.74, 6) is 4.20. The van der Waals surface area contributed by atoms with Crippen LogP contribution in [0.1, 0.15) is 58.3 Å². The Morgan fingerprint density at radius 3 is 1.36 bits per heavy atom. The molecular formula is C36H46O4S4Sn. The predicted octanol–water partition coefficient (Wildman–Crippen LogP) is 12.2. The molecule has 0 aliphatic carbocycles. The van der Waals surface area contributed by atoms with Crippen LogP contribution in [0, 0.1) is 6.92 Å². The van der Waals surface area contributed by atoms with Crippen LogP contribution in [0.2, 0.25) is 14.8 Å². The molecule has 0 radical (unpaired) electrons. The molecule has 0 spiro atoms. The summed E-state index contributed by atoms with van der Waals surface area (Å²) in [5.41, 5.74) is 0. The van der Waals surface area contributed by atoms with Crippen molar-refractivity contribution in [2.45, 2.75) is 75.1 Å². The third-order valence-corrected chi connectivity index (χ3v) is 20.7. The molecular weight excluding hydrogens is 743 g/mol. The second-order valence-corrected chi connectivity index (χ2v) is 31.8. The van der Waals surface area contributed by atoms with Gasteiger partial charge in [0.05, 0.1) is 22.6 Å². The average Bonchev–Trinajstić information content (AvgIpc) is 3.82. The van der Waals surface area contributed by atoms with Crippen molar-refractivity contribution in [3.05, 3.63) is 39.9 Å². The fourth-order valence-electron chi connectivity index (χ4n) is 5.16. The van der Waals surface area contributed by atoms with Gasteiger partial charge in [-0.3, -0.25) is 0 Å². The predicted molar refractivity (Wildman–Crippen MR) is 205 cm³/mol. The first-order valence-corrected chi connectivity index (χ1v) is 29.5. The van der Waals surface area contributed by atoms with Crippen molar-refractivity contribution in [1.82, 2.24) is 0 Å². The van der Waals surface area contributed by atoms with Crippen LogP contribution in [-0.2, 0) is 0 Å². The molecule has 4 aromatic heterocycles. The van der Waals surface area contributed by atoms with Crippen LogP contribution < -0.4 is 21.8 Å². The zero-order valence-electron chi connectivity index (χ0n) is 27.9. The summed E-state index contributed by atoms with van der Waals surface area (Å²) in [5, 5.41) is 9.10. The number of hydrogen-bond acceptors (Lipinski definition) is 8. The van der Waals surface area contributed by atoms with Gasteiger partial charge in [-0.25, -0.2) is 0 Å². The number of aryl methyl sites for hydroxylation is 1. The van der Waals surface area contributed by atoms with E-state index in [0.717, 1.165) is 75.1 Å². The fourth-order valence-corrected chi connectivity index (χ4v) is 14.4. The van der Waals surface area contributed by atoms with Crippen LogP contribution in [0.5, 0.6) is 23.0 Å². The van der Waals surface area contributed by atoms with Gasteiger partial charge < -0.3 is 9.47 Å². The van der Waals surface area contributed by atoms with Gasteiger partial charge in [-0.05, 0) is 35.7 Å². The standard InChI is InChI=1S/C17H19O2S2.C16H18O2S2.3CH3.Sn/c1-4-7-18-14-12-6-9-20-16(12)15(19-8-5-2)13-10-11(3)21-17(13)14;1-3-7-17-13-11-5-9-20-16(11)14(18-8-4-2)12-6-10-19-15(12)13;;;;/h6,10H,4-5,7-8H2,1-3H3;5-6,9-10H,3-4,7-8H2,1-2H3;3*1H3;. The Morgan fingerprint density at radius 2 is 0.933 bits per heavy atom. The van der Waals surface area contributed by atoms with Crippen molar-refractivity contribution in [3.8, 4) is 23.0 Å². The Kier molecular flexibility index (Phi) is 11.9. The van der Waals surface area contributed by atoms with E-state index < -0.39 is 18.4 Å². The Bertz CT molecular complexity index is 1700. The topological polar surface area (TPSA) is 36.9 Å². The number of ether oxygens (including phenoxy) is 4. The summed E-state index contributed by atoms with van der Waals surface area (Å²) in [6.07, 6.45) is 4.09. The maximum atomic E-state index is 6.27. The monoisotopic (exact) mass is 790 g/mol. The Hall–Kier alpha value is -1.72. The first-order chi connectivity index (χ1) is 21.7. The van der Waals surface area contributed by atoms with Gasteiger partial charge in [0.2, 0.25) is 0 Å². The minimum absolute atomic E-state index is 0.757. The molecule has 4 heterocycles. The van der Waals surface area contributed by atoms with Crippen molar-refractivity contribution in [3.63, 3.8) is 0 Å². The number of benzene rings is 2. The first-order valence-electron chi connectivity index (χ1n) is 16.1. The molecule has 0 N–H and O–H groups in total. The third-order valence-electron chi connectivity index (χ3n) is 7.26. The quantitative estimate of drug-likeness (QED) is 0.109. The van der Waals surface area contributed by atoms with E-state index in [1.54, 1.807) is 25.6 Å². The summed E-state index contributed by atoms with van der Waals surface area (Å²) >= 11 is 5.08. The number of rotatable bonds is 13. The minimum Gasteiger partial charge on any atom is -0.491 e. The molecule has 6 rings (SSSR count). The molecule has 0 aliphatic rings. The van der Waals surface area contributed by atoms with E-state index in [0.29, 0.717) is 0 Å². The van der Waals surface area contributed by atoms with Crippen molar-refractivity contribution in [1.29, 1.82) is 0 Å². The van der Waals surface area contributed by atoms with Gasteiger partial charge in [-0.15, -0.1) is 22.7 Å². The molecule has 4 nitrogen and oxygen atoms in total. The van der Waals surface area contributed by atoms with Gasteiger partial charge in [0.1, 0.15) is 11.5 Å². The van der Waals surface area contributed by atoms with E-state index in [-0.39, 0.29) is 0 Å². The van der Waals surface area contributed by atoms with Gasteiger partial charge in [0, 0.05) is 10.8 Å². The average molecular weight is 790 g/mol. The van der Waals surface area contributed by atoms with E-state index in [2.05, 4.69) is 84.5 Å². The van der Waals surface area contributed by atoms with Crippen molar-refractivity contribution in [2.75, 3.05) is 26.4 Å². The maximum Gasteiger partial charge on any atom is 0.146 e. The van der Waals surface area contributed by atoms with E-state index >= 15 is 0 Å². The molecule has 242 valence electrons. The summed E-state index contributed by atoms with van der Waals surface area (Å²) < 4.78 is 31.1. The molecule has 0 atom stereocenters. The van der Waals surface area contributed by atoms with Crippen molar-refractivity contribution >= 4 is 107 Å². The van der Waals surface area contributed by atoms with Crippen LogP contribution in [0.25, 0.3) is 40.3 Å². The molecule has 0 amide bonds. The van der Waals surface area contributed by atoms with Gasteiger partial charge >= 0.3 is 164 Å². The summed E-state index contributed by atoms with van der Waals surface area (Å²) in [7, 11) is 0. The molecule has 0 aliphatic heterocycles. The maximum absolute atomic E-state index is 6.27. The largest absolute Gasteiger partial charge is 0.491 e. The fraction of sp³-hybridized carbons (Fsp3) is 0.444. The van der Waals surface area contributed by atoms with Gasteiger partial charge in [-0.1, -0.05) is 13.8 Å².